The van der Waals surface area contributed by atoms with E-state index in [1.165, 1.54) is 38.5 Å². The standard InChI is InChI=1S/C20H29N3O/c1-20(2,3)19-22-16-11-10-15(12-17(16)23-19)18(24)21-13-14-8-6-4-5-7-9-14/h10-12,14H,4-9,13H2,1-3H3,(H,21,24)(H,22,23). The van der Waals surface area contributed by atoms with Crippen molar-refractivity contribution in [3.05, 3.63) is 29.6 Å². The number of carbonyl (C=O) groups excluding carboxylic acids is 1. The fraction of sp³-hybridized carbons (Fsp3) is 0.600. The van der Waals surface area contributed by atoms with Gasteiger partial charge in [-0.1, -0.05) is 46.5 Å². The van der Waals surface area contributed by atoms with Crippen molar-refractivity contribution in [3.8, 4) is 0 Å². The van der Waals surface area contributed by atoms with Crippen LogP contribution in [0.1, 0.15) is 75.5 Å². The highest BCUT2D eigenvalue weighted by Crippen LogP contribution is 2.24. The largest absolute Gasteiger partial charge is 0.352 e. The first-order valence-corrected chi connectivity index (χ1v) is 9.22. The Bertz CT molecular complexity index is 703. The Morgan fingerprint density at radius 1 is 1.21 bits per heavy atom. The van der Waals surface area contributed by atoms with Gasteiger partial charge in [0.1, 0.15) is 5.82 Å². The first-order chi connectivity index (χ1) is 11.4. The van der Waals surface area contributed by atoms with E-state index < -0.39 is 0 Å². The van der Waals surface area contributed by atoms with Gasteiger partial charge in [-0.3, -0.25) is 4.79 Å². The van der Waals surface area contributed by atoms with Crippen LogP contribution >= 0.6 is 0 Å². The number of H-pyrrole nitrogens is 1. The van der Waals surface area contributed by atoms with E-state index in [1.54, 1.807) is 0 Å². The van der Waals surface area contributed by atoms with Gasteiger partial charge >= 0.3 is 0 Å². The van der Waals surface area contributed by atoms with Crippen molar-refractivity contribution in [2.75, 3.05) is 6.54 Å². The van der Waals surface area contributed by atoms with E-state index >= 15 is 0 Å². The number of imidazole rings is 1. The highest BCUT2D eigenvalue weighted by Gasteiger charge is 2.19. The molecule has 1 saturated carbocycles. The molecule has 0 spiro atoms. The second kappa shape index (κ2) is 6.96. The molecule has 0 bridgehead atoms. The summed E-state index contributed by atoms with van der Waals surface area (Å²) in [6.45, 7) is 7.19. The number of amides is 1. The molecule has 1 aromatic carbocycles. The first kappa shape index (κ1) is 17.0. The average Bonchev–Trinajstić information content (AvgIpc) is 2.81. The monoisotopic (exact) mass is 327 g/mol. The molecule has 1 aliphatic rings. The zero-order valence-electron chi connectivity index (χ0n) is 15.1. The molecule has 2 aromatic rings. The Hall–Kier alpha value is -1.84. The number of fused-ring (bicyclic) bond motifs is 1. The topological polar surface area (TPSA) is 57.8 Å². The van der Waals surface area contributed by atoms with Gasteiger partial charge in [-0.05, 0) is 37.0 Å². The predicted molar refractivity (Wildman–Crippen MR) is 98.3 cm³/mol. The number of benzene rings is 1. The lowest BCUT2D eigenvalue weighted by molar-refractivity contribution is 0.0946. The number of hydrogen-bond donors (Lipinski definition) is 2. The number of nitrogens with one attached hydrogen (secondary N) is 2. The molecule has 0 atom stereocenters. The molecule has 4 heteroatoms. The zero-order chi connectivity index (χ0) is 17.2. The molecule has 24 heavy (non-hydrogen) atoms. The lowest BCUT2D eigenvalue weighted by atomic mass is 9.96. The van der Waals surface area contributed by atoms with Crippen molar-refractivity contribution >= 4 is 16.9 Å². The number of nitrogens with zero attached hydrogens (tertiary/aromatic N) is 1. The molecule has 4 nitrogen and oxygen atoms in total. The predicted octanol–water partition coefficient (Wildman–Crippen LogP) is 4.56. The molecule has 1 aliphatic carbocycles. The van der Waals surface area contributed by atoms with Crippen LogP contribution < -0.4 is 5.32 Å². The van der Waals surface area contributed by atoms with Crippen LogP contribution in [-0.2, 0) is 5.41 Å². The summed E-state index contributed by atoms with van der Waals surface area (Å²) in [7, 11) is 0. The molecular formula is C20H29N3O. The van der Waals surface area contributed by atoms with E-state index in [1.807, 2.05) is 18.2 Å². The molecular weight excluding hydrogens is 298 g/mol. The van der Waals surface area contributed by atoms with Gasteiger partial charge in [0.25, 0.3) is 5.91 Å². The van der Waals surface area contributed by atoms with Gasteiger partial charge in [0.15, 0.2) is 0 Å². The molecule has 0 radical (unpaired) electrons. The number of hydrogen-bond acceptors (Lipinski definition) is 2. The molecule has 1 heterocycles. The van der Waals surface area contributed by atoms with Crippen molar-refractivity contribution in [2.24, 2.45) is 5.92 Å². The Balaban J connectivity index is 1.68. The molecule has 0 aliphatic heterocycles. The molecule has 130 valence electrons. The summed E-state index contributed by atoms with van der Waals surface area (Å²) < 4.78 is 0. The summed E-state index contributed by atoms with van der Waals surface area (Å²) in [5, 5.41) is 3.12. The van der Waals surface area contributed by atoms with Gasteiger partial charge < -0.3 is 10.3 Å². The van der Waals surface area contributed by atoms with E-state index in [0.717, 1.165) is 23.4 Å². The normalized spacial score (nSPS) is 17.0. The van der Waals surface area contributed by atoms with Crippen molar-refractivity contribution in [3.63, 3.8) is 0 Å². The Morgan fingerprint density at radius 3 is 2.58 bits per heavy atom. The summed E-state index contributed by atoms with van der Waals surface area (Å²) in [4.78, 5) is 20.5. The van der Waals surface area contributed by atoms with Gasteiger partial charge in [0.2, 0.25) is 0 Å². The average molecular weight is 327 g/mol. The van der Waals surface area contributed by atoms with E-state index in [-0.39, 0.29) is 11.3 Å². The summed E-state index contributed by atoms with van der Waals surface area (Å²) in [6.07, 6.45) is 7.78. The van der Waals surface area contributed by atoms with Crippen LogP contribution in [0, 0.1) is 5.92 Å². The highest BCUT2D eigenvalue weighted by molar-refractivity contribution is 5.97. The lowest BCUT2D eigenvalue weighted by Gasteiger charge is -2.14. The van der Waals surface area contributed by atoms with Gasteiger partial charge in [-0.25, -0.2) is 4.98 Å². The number of aromatic nitrogens is 2. The van der Waals surface area contributed by atoms with Crippen LogP contribution in [0.5, 0.6) is 0 Å². The smallest absolute Gasteiger partial charge is 0.251 e. The number of aromatic amines is 1. The minimum absolute atomic E-state index is 0.0213. The lowest BCUT2D eigenvalue weighted by Crippen LogP contribution is -2.29. The molecule has 2 N–H and O–H groups in total. The van der Waals surface area contributed by atoms with E-state index in [9.17, 15) is 4.79 Å². The van der Waals surface area contributed by atoms with Crippen molar-refractivity contribution in [1.29, 1.82) is 0 Å². The maximum absolute atomic E-state index is 12.5. The fourth-order valence-electron chi connectivity index (χ4n) is 3.41. The van der Waals surface area contributed by atoms with Crippen LogP contribution in [0.15, 0.2) is 18.2 Å². The van der Waals surface area contributed by atoms with Crippen LogP contribution in [-0.4, -0.2) is 22.4 Å². The van der Waals surface area contributed by atoms with Crippen molar-refractivity contribution < 1.29 is 4.79 Å². The second-order valence-corrected chi connectivity index (χ2v) is 8.13. The summed E-state index contributed by atoms with van der Waals surface area (Å²) >= 11 is 0. The first-order valence-electron chi connectivity index (χ1n) is 9.22. The molecule has 1 aromatic heterocycles. The van der Waals surface area contributed by atoms with Crippen LogP contribution in [0.3, 0.4) is 0 Å². The van der Waals surface area contributed by atoms with Gasteiger partial charge in [0.05, 0.1) is 11.0 Å². The van der Waals surface area contributed by atoms with E-state index in [2.05, 4.69) is 36.1 Å². The number of carbonyl (C=O) groups is 1. The second-order valence-electron chi connectivity index (χ2n) is 8.13. The number of rotatable bonds is 3. The van der Waals surface area contributed by atoms with Crippen molar-refractivity contribution in [1.82, 2.24) is 15.3 Å². The van der Waals surface area contributed by atoms with Gasteiger partial charge in [0, 0.05) is 17.5 Å². The summed E-state index contributed by atoms with van der Waals surface area (Å²) in [5.74, 6) is 1.61. The third kappa shape index (κ3) is 3.97. The van der Waals surface area contributed by atoms with Crippen LogP contribution in [0.2, 0.25) is 0 Å². The van der Waals surface area contributed by atoms with Crippen LogP contribution in [0.4, 0.5) is 0 Å². The third-order valence-electron chi connectivity index (χ3n) is 4.98. The van der Waals surface area contributed by atoms with E-state index in [0.29, 0.717) is 11.5 Å². The van der Waals surface area contributed by atoms with Crippen molar-refractivity contribution in [2.45, 2.75) is 64.7 Å². The molecule has 0 unspecified atom stereocenters. The Labute approximate surface area is 144 Å². The Kier molecular flexibility index (Phi) is 4.93. The van der Waals surface area contributed by atoms with Crippen LogP contribution in [0.25, 0.3) is 11.0 Å². The molecule has 3 rings (SSSR count). The summed E-state index contributed by atoms with van der Waals surface area (Å²) in [5.41, 5.74) is 2.53. The quantitative estimate of drug-likeness (QED) is 0.812. The van der Waals surface area contributed by atoms with Gasteiger partial charge in [-0.15, -0.1) is 0 Å². The zero-order valence-corrected chi connectivity index (χ0v) is 15.1. The Morgan fingerprint density at radius 2 is 1.92 bits per heavy atom. The SMILES string of the molecule is CC(C)(C)c1nc2ccc(C(=O)NCC3CCCCCC3)cc2[nH]1. The molecule has 0 saturated heterocycles. The van der Waals surface area contributed by atoms with Gasteiger partial charge in [-0.2, -0.15) is 0 Å². The minimum atomic E-state index is -0.0269. The van der Waals surface area contributed by atoms with E-state index in [4.69, 9.17) is 0 Å². The molecule has 1 fully saturated rings. The third-order valence-corrected chi connectivity index (χ3v) is 4.98. The highest BCUT2D eigenvalue weighted by atomic mass is 16.1. The molecule has 1 amide bonds. The maximum Gasteiger partial charge on any atom is 0.251 e. The maximum atomic E-state index is 12.5. The summed E-state index contributed by atoms with van der Waals surface area (Å²) in [6, 6.07) is 5.72. The fourth-order valence-corrected chi connectivity index (χ4v) is 3.41. The minimum Gasteiger partial charge on any atom is -0.352 e.